The molecule has 1 saturated heterocycles. The summed E-state index contributed by atoms with van der Waals surface area (Å²) in [6, 6.07) is 1.42. The molecule has 2 atom stereocenters. The maximum absolute atomic E-state index is 3.82. The zero-order valence-electron chi connectivity index (χ0n) is 13.1. The minimum atomic E-state index is 0.573. The lowest BCUT2D eigenvalue weighted by atomic mass is 9.75. The predicted molar refractivity (Wildman–Crippen MR) is 83.5 cm³/mol. The van der Waals surface area contributed by atoms with Crippen LogP contribution in [0.5, 0.6) is 0 Å². The van der Waals surface area contributed by atoms with Crippen LogP contribution in [0.3, 0.4) is 0 Å². The van der Waals surface area contributed by atoms with Crippen molar-refractivity contribution in [3.63, 3.8) is 0 Å². The Morgan fingerprint density at radius 2 is 1.84 bits per heavy atom. The topological polar surface area (TPSA) is 24.1 Å². The summed E-state index contributed by atoms with van der Waals surface area (Å²) < 4.78 is 0. The Morgan fingerprint density at radius 1 is 1.11 bits per heavy atom. The smallest absolute Gasteiger partial charge is 0.00817 e. The molecule has 2 heteroatoms. The molecule has 1 aliphatic carbocycles. The summed E-state index contributed by atoms with van der Waals surface area (Å²) >= 11 is 0. The average molecular weight is 266 g/mol. The van der Waals surface area contributed by atoms with Crippen molar-refractivity contribution in [1.82, 2.24) is 10.6 Å². The average Bonchev–Trinajstić information content (AvgIpc) is 2.66. The second-order valence-electron chi connectivity index (χ2n) is 7.39. The molecule has 112 valence electrons. The number of nitrogens with one attached hydrogen (secondary N) is 2. The molecule has 1 heterocycles. The first kappa shape index (κ1) is 15.3. The molecular weight excluding hydrogens is 232 g/mol. The van der Waals surface area contributed by atoms with E-state index in [0.717, 1.165) is 6.04 Å². The lowest BCUT2D eigenvalue weighted by Crippen LogP contribution is -2.41. The number of hydrogen-bond donors (Lipinski definition) is 2. The zero-order chi connectivity index (χ0) is 13.6. The van der Waals surface area contributed by atoms with Gasteiger partial charge in [0.25, 0.3) is 0 Å². The Labute approximate surface area is 120 Å². The Kier molecular flexibility index (Phi) is 6.15. The fourth-order valence-electron chi connectivity index (χ4n) is 3.81. The first-order chi connectivity index (χ1) is 9.18. The van der Waals surface area contributed by atoms with Gasteiger partial charge in [-0.25, -0.2) is 0 Å². The Hall–Kier alpha value is -0.0800. The molecule has 0 aromatic carbocycles. The lowest BCUT2D eigenvalue weighted by Gasteiger charge is -2.35. The third kappa shape index (κ3) is 5.43. The van der Waals surface area contributed by atoms with E-state index in [1.54, 1.807) is 0 Å². The van der Waals surface area contributed by atoms with Gasteiger partial charge in [0.2, 0.25) is 0 Å². The van der Waals surface area contributed by atoms with Gasteiger partial charge in [0.15, 0.2) is 0 Å². The largest absolute Gasteiger partial charge is 0.314 e. The van der Waals surface area contributed by atoms with Gasteiger partial charge in [-0.1, -0.05) is 39.0 Å². The van der Waals surface area contributed by atoms with E-state index in [1.165, 1.54) is 77.3 Å². The summed E-state index contributed by atoms with van der Waals surface area (Å²) in [6.45, 7) is 7.31. The van der Waals surface area contributed by atoms with Crippen LogP contribution in [0.25, 0.3) is 0 Å². The van der Waals surface area contributed by atoms with Crippen LogP contribution in [0.1, 0.15) is 78.1 Å². The zero-order valence-corrected chi connectivity index (χ0v) is 13.1. The maximum Gasteiger partial charge on any atom is 0.00817 e. The maximum atomic E-state index is 3.82. The summed E-state index contributed by atoms with van der Waals surface area (Å²) in [5.74, 6) is 0. The van der Waals surface area contributed by atoms with Gasteiger partial charge in [-0.05, 0) is 51.0 Å². The van der Waals surface area contributed by atoms with Crippen molar-refractivity contribution in [2.45, 2.75) is 90.1 Å². The first-order valence-corrected chi connectivity index (χ1v) is 8.65. The van der Waals surface area contributed by atoms with Crippen molar-refractivity contribution in [1.29, 1.82) is 0 Å². The summed E-state index contributed by atoms with van der Waals surface area (Å²) in [4.78, 5) is 0. The molecule has 2 N–H and O–H groups in total. The lowest BCUT2D eigenvalue weighted by molar-refractivity contribution is 0.198. The molecule has 1 saturated carbocycles. The van der Waals surface area contributed by atoms with Crippen LogP contribution in [0.2, 0.25) is 0 Å². The summed E-state index contributed by atoms with van der Waals surface area (Å²) in [7, 11) is 0. The summed E-state index contributed by atoms with van der Waals surface area (Å²) in [5, 5.41) is 7.54. The second kappa shape index (κ2) is 7.64. The van der Waals surface area contributed by atoms with Gasteiger partial charge in [-0.3, -0.25) is 0 Å². The van der Waals surface area contributed by atoms with E-state index in [4.69, 9.17) is 0 Å². The standard InChI is InChI=1S/C17H34N2/c1-15(13-16-9-5-3-8-12-18-16)19-14-17(2)10-6-4-7-11-17/h15-16,18-19H,3-14H2,1-2H3. The predicted octanol–water partition coefficient (Wildman–Crippen LogP) is 3.86. The third-order valence-electron chi connectivity index (χ3n) is 5.24. The third-order valence-corrected chi connectivity index (χ3v) is 5.24. The summed E-state index contributed by atoms with van der Waals surface area (Å²) in [6.07, 6.45) is 14.1. The minimum Gasteiger partial charge on any atom is -0.314 e. The van der Waals surface area contributed by atoms with Crippen LogP contribution in [0, 0.1) is 5.41 Å². The number of rotatable bonds is 5. The van der Waals surface area contributed by atoms with E-state index >= 15 is 0 Å². The highest BCUT2D eigenvalue weighted by Crippen LogP contribution is 2.35. The first-order valence-electron chi connectivity index (χ1n) is 8.65. The molecule has 2 unspecified atom stereocenters. The van der Waals surface area contributed by atoms with Gasteiger partial charge < -0.3 is 10.6 Å². The Morgan fingerprint density at radius 3 is 2.63 bits per heavy atom. The van der Waals surface area contributed by atoms with Crippen LogP contribution >= 0.6 is 0 Å². The molecule has 0 aromatic heterocycles. The van der Waals surface area contributed by atoms with Crippen LogP contribution in [0.4, 0.5) is 0 Å². The normalized spacial score (nSPS) is 29.7. The van der Waals surface area contributed by atoms with Crippen LogP contribution in [-0.2, 0) is 0 Å². The van der Waals surface area contributed by atoms with Crippen molar-refractivity contribution in [2.24, 2.45) is 5.41 Å². The molecular formula is C17H34N2. The van der Waals surface area contributed by atoms with Gasteiger partial charge in [-0.2, -0.15) is 0 Å². The van der Waals surface area contributed by atoms with E-state index in [9.17, 15) is 0 Å². The number of hydrogen-bond acceptors (Lipinski definition) is 2. The van der Waals surface area contributed by atoms with Crippen molar-refractivity contribution in [3.8, 4) is 0 Å². The fourth-order valence-corrected chi connectivity index (χ4v) is 3.81. The Balaban J connectivity index is 1.66. The molecule has 2 aliphatic rings. The molecule has 19 heavy (non-hydrogen) atoms. The minimum absolute atomic E-state index is 0.573. The molecule has 0 amide bonds. The molecule has 2 rings (SSSR count). The molecule has 0 spiro atoms. The van der Waals surface area contributed by atoms with Crippen LogP contribution in [0.15, 0.2) is 0 Å². The molecule has 1 aliphatic heterocycles. The molecule has 2 nitrogen and oxygen atoms in total. The monoisotopic (exact) mass is 266 g/mol. The highest BCUT2D eigenvalue weighted by Gasteiger charge is 2.27. The SMILES string of the molecule is CC(CC1CCCCCN1)NCC1(C)CCCCC1. The van der Waals surface area contributed by atoms with E-state index in [0.29, 0.717) is 11.5 Å². The second-order valence-corrected chi connectivity index (χ2v) is 7.39. The van der Waals surface area contributed by atoms with Gasteiger partial charge >= 0.3 is 0 Å². The molecule has 2 fully saturated rings. The Bertz CT molecular complexity index is 238. The van der Waals surface area contributed by atoms with Crippen molar-refractivity contribution < 1.29 is 0 Å². The van der Waals surface area contributed by atoms with Gasteiger partial charge in [-0.15, -0.1) is 0 Å². The quantitative estimate of drug-likeness (QED) is 0.789. The van der Waals surface area contributed by atoms with Crippen LogP contribution < -0.4 is 10.6 Å². The van der Waals surface area contributed by atoms with Gasteiger partial charge in [0, 0.05) is 18.6 Å². The van der Waals surface area contributed by atoms with Crippen LogP contribution in [-0.4, -0.2) is 25.2 Å². The fraction of sp³-hybridized carbons (Fsp3) is 1.00. The molecule has 0 radical (unpaired) electrons. The van der Waals surface area contributed by atoms with Crippen molar-refractivity contribution in [3.05, 3.63) is 0 Å². The van der Waals surface area contributed by atoms with Gasteiger partial charge in [0.05, 0.1) is 0 Å². The highest BCUT2D eigenvalue weighted by molar-refractivity contribution is 4.83. The molecule has 0 bridgehead atoms. The van der Waals surface area contributed by atoms with Crippen molar-refractivity contribution in [2.75, 3.05) is 13.1 Å². The summed E-state index contributed by atoms with van der Waals surface area (Å²) in [5.41, 5.74) is 0.573. The van der Waals surface area contributed by atoms with E-state index < -0.39 is 0 Å². The highest BCUT2D eigenvalue weighted by atomic mass is 15.0. The van der Waals surface area contributed by atoms with E-state index in [1.807, 2.05) is 0 Å². The van der Waals surface area contributed by atoms with Gasteiger partial charge in [0.1, 0.15) is 0 Å². The van der Waals surface area contributed by atoms with E-state index in [-0.39, 0.29) is 0 Å². The van der Waals surface area contributed by atoms with Crippen molar-refractivity contribution >= 4 is 0 Å². The molecule has 0 aromatic rings. The van der Waals surface area contributed by atoms with E-state index in [2.05, 4.69) is 24.5 Å².